The van der Waals surface area contributed by atoms with Gasteiger partial charge in [-0.15, -0.1) is 0 Å². The molecule has 4 rings (SSSR count). The van der Waals surface area contributed by atoms with Crippen molar-refractivity contribution >= 4 is 35.7 Å². The number of sulfonamides is 1. The van der Waals surface area contributed by atoms with Gasteiger partial charge in [0, 0.05) is 45.8 Å². The molecule has 1 saturated carbocycles. The molecule has 10 nitrogen and oxygen atoms in total. The molecule has 1 atom stereocenters. The van der Waals surface area contributed by atoms with Crippen molar-refractivity contribution in [3.63, 3.8) is 0 Å². The minimum absolute atomic E-state index is 0.0464. The van der Waals surface area contributed by atoms with Crippen LogP contribution in [0.2, 0.25) is 25.7 Å². The second-order valence-corrected chi connectivity index (χ2v) is 18.6. The number of fused-ring (bicyclic) bond motifs is 1. The van der Waals surface area contributed by atoms with E-state index in [1.54, 1.807) is 15.6 Å². The van der Waals surface area contributed by atoms with Gasteiger partial charge in [-0.05, 0) is 56.5 Å². The lowest BCUT2D eigenvalue weighted by atomic mass is 10.0. The fourth-order valence-electron chi connectivity index (χ4n) is 4.59. The van der Waals surface area contributed by atoms with Gasteiger partial charge in [0.15, 0.2) is 5.82 Å². The van der Waals surface area contributed by atoms with E-state index in [0.29, 0.717) is 41.7 Å². The van der Waals surface area contributed by atoms with Crippen LogP contribution >= 0.6 is 0 Å². The Kier molecular flexibility index (Phi) is 7.66. The summed E-state index contributed by atoms with van der Waals surface area (Å²) in [7, 11) is -3.87. The zero-order valence-electron chi connectivity index (χ0n) is 22.4. The number of amides is 2. The lowest BCUT2D eigenvalue weighted by molar-refractivity contribution is -0.114. The fourth-order valence-corrected chi connectivity index (χ4v) is 6.34. The van der Waals surface area contributed by atoms with Gasteiger partial charge in [-0.2, -0.15) is 5.10 Å². The maximum atomic E-state index is 13.4. The van der Waals surface area contributed by atoms with Gasteiger partial charge in [0.25, 0.3) is 5.91 Å². The summed E-state index contributed by atoms with van der Waals surface area (Å²) in [4.78, 5) is 26.8. The molecular formula is C25H37N5O5SSi. The molecule has 2 heterocycles. The Morgan fingerprint density at radius 3 is 2.54 bits per heavy atom. The van der Waals surface area contributed by atoms with Gasteiger partial charge in [0.05, 0.1) is 16.2 Å². The molecule has 0 radical (unpaired) electrons. The Morgan fingerprint density at radius 2 is 1.95 bits per heavy atom. The highest BCUT2D eigenvalue weighted by Gasteiger charge is 2.41. The first-order chi connectivity index (χ1) is 17.3. The van der Waals surface area contributed by atoms with E-state index >= 15 is 0 Å². The highest BCUT2D eigenvalue weighted by atomic mass is 32.2. The average Bonchev–Trinajstić information content (AvgIpc) is 3.51. The summed E-state index contributed by atoms with van der Waals surface area (Å²) < 4.78 is 36.0. The summed E-state index contributed by atoms with van der Waals surface area (Å²) in [6, 6.07) is 6.10. The van der Waals surface area contributed by atoms with E-state index in [1.807, 2.05) is 13.0 Å². The first-order valence-electron chi connectivity index (χ1n) is 12.7. The number of benzene rings is 1. The van der Waals surface area contributed by atoms with Gasteiger partial charge in [-0.3, -0.25) is 9.59 Å². The second-order valence-electron chi connectivity index (χ2n) is 11.2. The first kappa shape index (κ1) is 27.5. The van der Waals surface area contributed by atoms with Gasteiger partial charge in [0.1, 0.15) is 6.73 Å². The normalized spacial score (nSPS) is 16.7. The molecule has 12 heteroatoms. The molecule has 1 aromatic carbocycles. The molecule has 1 aliphatic carbocycles. The number of ether oxygens (including phenoxy) is 1. The van der Waals surface area contributed by atoms with Crippen LogP contribution in [0, 0.1) is 5.92 Å². The second kappa shape index (κ2) is 10.3. The number of carbonyl (C=O) groups is 2. The minimum atomic E-state index is -3.93. The molecule has 2 aromatic rings. The number of aromatic nitrogens is 2. The highest BCUT2D eigenvalue weighted by molar-refractivity contribution is 7.89. The number of rotatable bonds is 11. The van der Waals surface area contributed by atoms with Gasteiger partial charge >= 0.3 is 0 Å². The number of nitrogens with one attached hydrogen (secondary N) is 2. The minimum Gasteiger partial charge on any atom is -0.360 e. The van der Waals surface area contributed by atoms with Crippen LogP contribution in [0.25, 0.3) is 11.3 Å². The molecule has 1 aromatic heterocycles. The molecule has 2 N–H and O–H groups in total. The Labute approximate surface area is 219 Å². The van der Waals surface area contributed by atoms with Crippen LogP contribution in [0.5, 0.6) is 0 Å². The summed E-state index contributed by atoms with van der Waals surface area (Å²) in [5.74, 6) is 0.280. The predicted molar refractivity (Wildman–Crippen MR) is 144 cm³/mol. The third-order valence-corrected chi connectivity index (χ3v) is 10.1. The first-order valence-corrected chi connectivity index (χ1v) is 17.8. The monoisotopic (exact) mass is 547 g/mol. The van der Waals surface area contributed by atoms with E-state index in [-0.39, 0.29) is 35.0 Å². The highest BCUT2D eigenvalue weighted by Crippen LogP contribution is 2.41. The number of hydrogen-bond acceptors (Lipinski definition) is 6. The van der Waals surface area contributed by atoms with Crippen LogP contribution in [0.1, 0.15) is 42.6 Å². The van der Waals surface area contributed by atoms with Crippen molar-refractivity contribution in [2.75, 3.05) is 19.0 Å². The van der Waals surface area contributed by atoms with Crippen molar-refractivity contribution in [1.82, 2.24) is 19.4 Å². The van der Waals surface area contributed by atoms with Crippen LogP contribution in [0.15, 0.2) is 23.1 Å². The standard InChI is InChI=1S/C25H37N5O5SSi/c1-16(18-7-8-18)29-14-20-11-19(12-22(24(20)25(29)32)36(33,34)26-3)21-13-23(27-17(2)31)28-30(21)15-35-9-10-37(4,5)6/h11-13,16,18,26H,7-10,14-15H2,1-6H3,(H,27,28,31). The van der Waals surface area contributed by atoms with Gasteiger partial charge < -0.3 is 15.0 Å². The maximum Gasteiger partial charge on any atom is 0.256 e. The third-order valence-electron chi connectivity index (χ3n) is 6.94. The molecule has 0 spiro atoms. The molecule has 37 heavy (non-hydrogen) atoms. The Bertz CT molecular complexity index is 1310. The lowest BCUT2D eigenvalue weighted by Crippen LogP contribution is -2.35. The molecule has 0 saturated heterocycles. The van der Waals surface area contributed by atoms with Crippen molar-refractivity contribution in [2.24, 2.45) is 5.92 Å². The lowest BCUT2D eigenvalue weighted by Gasteiger charge is -2.24. The third kappa shape index (κ3) is 6.14. The molecular weight excluding hydrogens is 510 g/mol. The summed E-state index contributed by atoms with van der Waals surface area (Å²) in [6.07, 6.45) is 2.16. The van der Waals surface area contributed by atoms with E-state index in [9.17, 15) is 18.0 Å². The topological polar surface area (TPSA) is 123 Å². The summed E-state index contributed by atoms with van der Waals surface area (Å²) >= 11 is 0. The maximum absolute atomic E-state index is 13.4. The molecule has 202 valence electrons. The van der Waals surface area contributed by atoms with E-state index in [4.69, 9.17) is 4.74 Å². The number of hydrogen-bond donors (Lipinski definition) is 2. The van der Waals surface area contributed by atoms with Crippen LogP contribution in [0.4, 0.5) is 5.82 Å². The largest absolute Gasteiger partial charge is 0.360 e. The predicted octanol–water partition coefficient (Wildman–Crippen LogP) is 3.48. The molecule has 1 unspecified atom stereocenters. The average molecular weight is 548 g/mol. The van der Waals surface area contributed by atoms with Crippen molar-refractivity contribution in [2.45, 2.75) is 76.6 Å². The summed E-state index contributed by atoms with van der Waals surface area (Å²) in [5.41, 5.74) is 2.06. The van der Waals surface area contributed by atoms with Crippen LogP contribution in [-0.4, -0.2) is 62.7 Å². The van der Waals surface area contributed by atoms with Crippen LogP contribution in [0.3, 0.4) is 0 Å². The number of nitrogens with zero attached hydrogens (tertiary/aromatic N) is 3. The van der Waals surface area contributed by atoms with E-state index in [2.05, 4.69) is 34.8 Å². The zero-order chi connectivity index (χ0) is 27.1. The number of carbonyl (C=O) groups excluding carboxylic acids is 2. The SMILES string of the molecule is CNS(=O)(=O)c1cc(-c2cc(NC(C)=O)nn2COCC[Si](C)(C)C)cc2c1C(=O)N(C(C)C1CC1)C2. The number of anilines is 1. The van der Waals surface area contributed by atoms with Crippen molar-refractivity contribution in [1.29, 1.82) is 0 Å². The Morgan fingerprint density at radius 1 is 1.24 bits per heavy atom. The van der Waals surface area contributed by atoms with E-state index < -0.39 is 18.1 Å². The zero-order valence-corrected chi connectivity index (χ0v) is 24.2. The van der Waals surface area contributed by atoms with Gasteiger partial charge in [-0.1, -0.05) is 19.6 Å². The molecule has 0 bridgehead atoms. The van der Waals surface area contributed by atoms with Crippen LogP contribution < -0.4 is 10.0 Å². The summed E-state index contributed by atoms with van der Waals surface area (Å²) in [6.45, 7) is 11.3. The molecule has 2 amide bonds. The quantitative estimate of drug-likeness (QED) is 0.328. The van der Waals surface area contributed by atoms with E-state index in [1.165, 1.54) is 20.0 Å². The van der Waals surface area contributed by atoms with E-state index in [0.717, 1.165) is 18.9 Å². The smallest absolute Gasteiger partial charge is 0.256 e. The Hall–Kier alpha value is -2.54. The fraction of sp³-hybridized carbons (Fsp3) is 0.560. The van der Waals surface area contributed by atoms with Gasteiger partial charge in [-0.25, -0.2) is 17.8 Å². The molecule has 1 aliphatic heterocycles. The summed E-state index contributed by atoms with van der Waals surface area (Å²) in [5, 5.41) is 7.18. The van der Waals surface area contributed by atoms with Crippen molar-refractivity contribution < 1.29 is 22.7 Å². The van der Waals surface area contributed by atoms with Crippen molar-refractivity contribution in [3.05, 3.63) is 29.3 Å². The van der Waals surface area contributed by atoms with Gasteiger partial charge in [0.2, 0.25) is 15.9 Å². The molecule has 2 aliphatic rings. The molecule has 1 fully saturated rings. The Balaban J connectivity index is 1.75. The van der Waals surface area contributed by atoms with Crippen LogP contribution in [-0.2, 0) is 32.8 Å². The van der Waals surface area contributed by atoms with Crippen molar-refractivity contribution in [3.8, 4) is 11.3 Å².